The summed E-state index contributed by atoms with van der Waals surface area (Å²) in [5.74, 6) is -0.203. The van der Waals surface area contributed by atoms with Crippen LogP contribution in [0.25, 0.3) is 0 Å². The van der Waals surface area contributed by atoms with Gasteiger partial charge in [-0.2, -0.15) is 10.2 Å². The molecule has 0 saturated carbocycles. The smallest absolute Gasteiger partial charge is 0.241 e. The Bertz CT molecular complexity index is 698. The van der Waals surface area contributed by atoms with Gasteiger partial charge in [0, 0.05) is 18.8 Å². The number of hydrogen-bond donors (Lipinski definition) is 3. The van der Waals surface area contributed by atoms with Crippen molar-refractivity contribution in [1.82, 2.24) is 4.90 Å². The molecule has 0 saturated heterocycles. The van der Waals surface area contributed by atoms with Crippen LogP contribution in [0.2, 0.25) is 0 Å². The Morgan fingerprint density at radius 2 is 1.50 bits per heavy atom. The van der Waals surface area contributed by atoms with Crippen LogP contribution in [-0.2, 0) is 4.79 Å². The standard InChI is InChI=1S/C19H24N4O3/c1-15(23(11-13-24)12-14-25)19(26)20-16-7-9-18(10-8-16)22-21-17-5-3-2-4-6-17/h2-10,15,24-25H,11-14H2,1H3,(H,20,26). The van der Waals surface area contributed by atoms with E-state index in [0.717, 1.165) is 5.69 Å². The molecule has 2 aromatic carbocycles. The van der Waals surface area contributed by atoms with Gasteiger partial charge in [-0.25, -0.2) is 0 Å². The molecule has 1 atom stereocenters. The van der Waals surface area contributed by atoms with Crippen molar-refractivity contribution in [1.29, 1.82) is 0 Å². The number of rotatable bonds is 9. The number of amides is 1. The number of azo groups is 1. The molecule has 0 fully saturated rings. The molecule has 0 aliphatic heterocycles. The van der Waals surface area contributed by atoms with Gasteiger partial charge in [0.2, 0.25) is 5.91 Å². The summed E-state index contributed by atoms with van der Waals surface area (Å²) in [6.45, 7) is 2.25. The molecule has 26 heavy (non-hydrogen) atoms. The number of aliphatic hydroxyl groups is 2. The second-order valence-corrected chi connectivity index (χ2v) is 5.73. The monoisotopic (exact) mass is 356 g/mol. The van der Waals surface area contributed by atoms with Crippen molar-refractivity contribution in [3.63, 3.8) is 0 Å². The lowest BCUT2D eigenvalue weighted by Gasteiger charge is -2.26. The summed E-state index contributed by atoms with van der Waals surface area (Å²) in [6.07, 6.45) is 0. The fourth-order valence-corrected chi connectivity index (χ4v) is 2.39. The lowest BCUT2D eigenvalue weighted by atomic mass is 10.2. The SMILES string of the molecule is CC(C(=O)Nc1ccc(N=Nc2ccccc2)cc1)N(CCO)CCO. The Morgan fingerprint density at radius 1 is 0.962 bits per heavy atom. The summed E-state index contributed by atoms with van der Waals surface area (Å²) in [6, 6.07) is 16.0. The topological polar surface area (TPSA) is 97.5 Å². The maximum atomic E-state index is 12.3. The maximum Gasteiger partial charge on any atom is 0.241 e. The predicted octanol–water partition coefficient (Wildman–Crippen LogP) is 2.72. The van der Waals surface area contributed by atoms with Crippen molar-refractivity contribution in [2.75, 3.05) is 31.6 Å². The van der Waals surface area contributed by atoms with Crippen molar-refractivity contribution < 1.29 is 15.0 Å². The highest BCUT2D eigenvalue weighted by Gasteiger charge is 2.20. The second-order valence-electron chi connectivity index (χ2n) is 5.73. The van der Waals surface area contributed by atoms with Gasteiger partial charge < -0.3 is 15.5 Å². The number of carbonyl (C=O) groups excluding carboxylic acids is 1. The van der Waals surface area contributed by atoms with Gasteiger partial charge >= 0.3 is 0 Å². The van der Waals surface area contributed by atoms with E-state index in [1.807, 2.05) is 30.3 Å². The average molecular weight is 356 g/mol. The van der Waals surface area contributed by atoms with E-state index in [-0.39, 0.29) is 19.1 Å². The molecular formula is C19H24N4O3. The molecule has 138 valence electrons. The largest absolute Gasteiger partial charge is 0.395 e. The minimum Gasteiger partial charge on any atom is -0.395 e. The molecule has 2 aromatic rings. The zero-order chi connectivity index (χ0) is 18.8. The average Bonchev–Trinajstić information content (AvgIpc) is 2.67. The van der Waals surface area contributed by atoms with Crippen molar-refractivity contribution in [2.45, 2.75) is 13.0 Å². The van der Waals surface area contributed by atoms with Crippen molar-refractivity contribution in [3.05, 3.63) is 54.6 Å². The van der Waals surface area contributed by atoms with Crippen LogP contribution in [0.3, 0.4) is 0 Å². The van der Waals surface area contributed by atoms with Crippen LogP contribution in [0, 0.1) is 0 Å². The van der Waals surface area contributed by atoms with Gasteiger partial charge in [-0.05, 0) is 43.3 Å². The third-order valence-electron chi connectivity index (χ3n) is 3.87. The highest BCUT2D eigenvalue weighted by Crippen LogP contribution is 2.20. The van der Waals surface area contributed by atoms with E-state index >= 15 is 0 Å². The van der Waals surface area contributed by atoms with Gasteiger partial charge in [-0.3, -0.25) is 9.69 Å². The van der Waals surface area contributed by atoms with E-state index in [2.05, 4.69) is 15.5 Å². The number of benzene rings is 2. The highest BCUT2D eigenvalue weighted by atomic mass is 16.3. The van der Waals surface area contributed by atoms with E-state index in [1.54, 1.807) is 36.1 Å². The normalized spacial score (nSPS) is 12.5. The molecule has 0 aliphatic rings. The van der Waals surface area contributed by atoms with Crippen molar-refractivity contribution >= 4 is 23.0 Å². The number of aliphatic hydroxyl groups excluding tert-OH is 2. The van der Waals surface area contributed by atoms with Gasteiger partial charge in [0.1, 0.15) is 0 Å². The van der Waals surface area contributed by atoms with E-state index < -0.39 is 6.04 Å². The first-order chi connectivity index (χ1) is 12.6. The molecule has 0 heterocycles. The Balaban J connectivity index is 1.95. The predicted molar refractivity (Wildman–Crippen MR) is 101 cm³/mol. The fourth-order valence-electron chi connectivity index (χ4n) is 2.39. The third kappa shape index (κ3) is 6.03. The first-order valence-electron chi connectivity index (χ1n) is 8.47. The van der Waals surface area contributed by atoms with Gasteiger partial charge in [-0.15, -0.1) is 0 Å². The van der Waals surface area contributed by atoms with E-state index in [0.29, 0.717) is 24.5 Å². The molecule has 0 radical (unpaired) electrons. The molecule has 0 spiro atoms. The Kier molecular flexibility index (Phi) is 7.88. The summed E-state index contributed by atoms with van der Waals surface area (Å²) in [4.78, 5) is 14.1. The van der Waals surface area contributed by atoms with E-state index in [1.165, 1.54) is 0 Å². The lowest BCUT2D eigenvalue weighted by molar-refractivity contribution is -0.121. The summed E-state index contributed by atoms with van der Waals surface area (Å²) in [5.41, 5.74) is 2.10. The summed E-state index contributed by atoms with van der Waals surface area (Å²) in [5, 5.41) is 29.3. The molecule has 0 bridgehead atoms. The van der Waals surface area contributed by atoms with E-state index in [9.17, 15) is 4.79 Å². The van der Waals surface area contributed by atoms with E-state index in [4.69, 9.17) is 10.2 Å². The van der Waals surface area contributed by atoms with Gasteiger partial charge in [0.05, 0.1) is 30.6 Å². The number of nitrogens with one attached hydrogen (secondary N) is 1. The second kappa shape index (κ2) is 10.4. The number of anilines is 1. The molecule has 7 nitrogen and oxygen atoms in total. The number of carbonyl (C=O) groups is 1. The molecule has 0 aromatic heterocycles. The first kappa shape index (κ1) is 19.7. The van der Waals surface area contributed by atoms with Crippen LogP contribution >= 0.6 is 0 Å². The quantitative estimate of drug-likeness (QED) is 0.602. The van der Waals surface area contributed by atoms with Crippen LogP contribution in [0.1, 0.15) is 6.92 Å². The van der Waals surface area contributed by atoms with Gasteiger partial charge in [-0.1, -0.05) is 18.2 Å². The van der Waals surface area contributed by atoms with Gasteiger partial charge in [0.25, 0.3) is 0 Å². The number of nitrogens with zero attached hydrogens (tertiary/aromatic N) is 3. The van der Waals surface area contributed by atoms with Crippen LogP contribution in [0.15, 0.2) is 64.8 Å². The molecular weight excluding hydrogens is 332 g/mol. The lowest BCUT2D eigenvalue weighted by Crippen LogP contribution is -2.44. The van der Waals surface area contributed by atoms with Gasteiger partial charge in [0.15, 0.2) is 0 Å². The molecule has 3 N–H and O–H groups in total. The minimum atomic E-state index is -0.466. The van der Waals surface area contributed by atoms with Crippen molar-refractivity contribution in [2.24, 2.45) is 10.2 Å². The minimum absolute atomic E-state index is 0.0707. The molecule has 1 unspecified atom stereocenters. The zero-order valence-corrected chi connectivity index (χ0v) is 14.7. The Labute approximate surface area is 153 Å². The fraction of sp³-hybridized carbons (Fsp3) is 0.316. The Hall–Kier alpha value is -2.61. The Morgan fingerprint density at radius 3 is 2.04 bits per heavy atom. The molecule has 7 heteroatoms. The van der Waals surface area contributed by atoms with Crippen LogP contribution < -0.4 is 5.32 Å². The highest BCUT2D eigenvalue weighted by molar-refractivity contribution is 5.94. The molecule has 0 aliphatic carbocycles. The van der Waals surface area contributed by atoms with Crippen LogP contribution in [0.4, 0.5) is 17.1 Å². The van der Waals surface area contributed by atoms with Crippen molar-refractivity contribution in [3.8, 4) is 0 Å². The molecule has 1 amide bonds. The van der Waals surface area contributed by atoms with Crippen LogP contribution in [0.5, 0.6) is 0 Å². The molecule has 2 rings (SSSR count). The zero-order valence-electron chi connectivity index (χ0n) is 14.7. The third-order valence-corrected chi connectivity index (χ3v) is 3.87. The number of hydrogen-bond acceptors (Lipinski definition) is 6. The summed E-state index contributed by atoms with van der Waals surface area (Å²) < 4.78 is 0. The summed E-state index contributed by atoms with van der Waals surface area (Å²) in [7, 11) is 0. The maximum absolute atomic E-state index is 12.3. The summed E-state index contributed by atoms with van der Waals surface area (Å²) >= 11 is 0. The van der Waals surface area contributed by atoms with Crippen LogP contribution in [-0.4, -0.2) is 53.4 Å². The first-order valence-corrected chi connectivity index (χ1v) is 8.47.